The zero-order valence-electron chi connectivity index (χ0n) is 15.3. The van der Waals surface area contributed by atoms with Crippen molar-refractivity contribution in [3.05, 3.63) is 69.7 Å². The summed E-state index contributed by atoms with van der Waals surface area (Å²) in [5.41, 5.74) is 1.62. The van der Waals surface area contributed by atoms with Gasteiger partial charge in [0.15, 0.2) is 0 Å². The van der Waals surface area contributed by atoms with Crippen molar-refractivity contribution in [2.45, 2.75) is 25.1 Å². The molecule has 1 amide bonds. The van der Waals surface area contributed by atoms with E-state index in [2.05, 4.69) is 5.32 Å². The minimum Gasteiger partial charge on any atom is -0.352 e. The number of carbonyl (C=O) groups excluding carboxylic acids is 1. The number of rotatable bonds is 6. The maximum Gasteiger partial charge on any atom is 0.224 e. The van der Waals surface area contributed by atoms with Gasteiger partial charge in [0, 0.05) is 29.7 Å². The van der Waals surface area contributed by atoms with Crippen LogP contribution in [0.2, 0.25) is 10.0 Å². The van der Waals surface area contributed by atoms with E-state index in [4.69, 9.17) is 23.2 Å². The van der Waals surface area contributed by atoms with Gasteiger partial charge in [-0.05, 0) is 48.2 Å². The van der Waals surface area contributed by atoms with Crippen molar-refractivity contribution < 1.29 is 13.2 Å². The maximum absolute atomic E-state index is 12.8. The highest BCUT2D eigenvalue weighted by atomic mass is 35.5. The third kappa shape index (κ3) is 5.70. The lowest BCUT2D eigenvalue weighted by Crippen LogP contribution is -2.45. The van der Waals surface area contributed by atoms with Crippen LogP contribution >= 0.6 is 23.2 Å². The number of nitrogens with one attached hydrogen (secondary N) is 1. The van der Waals surface area contributed by atoms with Gasteiger partial charge in [-0.1, -0.05) is 47.5 Å². The predicted molar refractivity (Wildman–Crippen MR) is 112 cm³/mol. The largest absolute Gasteiger partial charge is 0.352 e. The summed E-state index contributed by atoms with van der Waals surface area (Å²) in [5.74, 6) is -0.564. The van der Waals surface area contributed by atoms with E-state index in [1.165, 1.54) is 4.31 Å². The Morgan fingerprint density at radius 1 is 1.00 bits per heavy atom. The highest BCUT2D eigenvalue weighted by Crippen LogP contribution is 2.22. The van der Waals surface area contributed by atoms with E-state index in [0.717, 1.165) is 5.56 Å². The molecule has 3 rings (SSSR count). The molecule has 1 aliphatic rings. The Hall–Kier alpha value is -1.60. The molecular formula is C20H22Cl2N2O3S. The third-order valence-electron chi connectivity index (χ3n) is 4.79. The Bertz CT molecular complexity index is 915. The Labute approximate surface area is 175 Å². The third-order valence-corrected chi connectivity index (χ3v) is 7.11. The fraction of sp³-hybridized carbons (Fsp3) is 0.350. The van der Waals surface area contributed by atoms with Gasteiger partial charge < -0.3 is 5.32 Å². The van der Waals surface area contributed by atoms with Crippen LogP contribution in [0.25, 0.3) is 0 Å². The van der Waals surface area contributed by atoms with E-state index in [9.17, 15) is 13.2 Å². The second-order valence-electron chi connectivity index (χ2n) is 6.92. The number of halogens is 2. The van der Waals surface area contributed by atoms with Crippen molar-refractivity contribution in [2.75, 3.05) is 13.1 Å². The van der Waals surface area contributed by atoms with Crippen LogP contribution in [-0.4, -0.2) is 31.7 Å². The molecule has 28 heavy (non-hydrogen) atoms. The minimum atomic E-state index is -3.49. The number of hydrogen-bond donors (Lipinski definition) is 1. The fourth-order valence-electron chi connectivity index (χ4n) is 3.23. The standard InChI is InChI=1S/C20H22Cl2N2O3S/c21-18-7-3-15(4-8-18)12-23-20(25)17-2-1-11-24(13-17)28(26,27)14-16-5-9-19(22)10-6-16/h3-10,17H,1-2,11-14H2,(H,23,25)/t17-/m1/s1. The van der Waals surface area contributed by atoms with Gasteiger partial charge in [0.1, 0.15) is 0 Å². The highest BCUT2D eigenvalue weighted by molar-refractivity contribution is 7.88. The maximum atomic E-state index is 12.8. The van der Waals surface area contributed by atoms with Gasteiger partial charge >= 0.3 is 0 Å². The number of piperidine rings is 1. The molecule has 0 aromatic heterocycles. The zero-order chi connectivity index (χ0) is 20.1. The number of hydrogen-bond acceptors (Lipinski definition) is 3. The van der Waals surface area contributed by atoms with Crippen molar-refractivity contribution in [3.8, 4) is 0 Å². The summed E-state index contributed by atoms with van der Waals surface area (Å²) >= 11 is 11.7. The van der Waals surface area contributed by atoms with E-state index in [1.807, 2.05) is 12.1 Å². The van der Waals surface area contributed by atoms with Crippen LogP contribution in [0.5, 0.6) is 0 Å². The molecule has 1 N–H and O–H groups in total. The SMILES string of the molecule is O=C(NCc1ccc(Cl)cc1)[C@@H]1CCCN(S(=O)(=O)Cc2ccc(Cl)cc2)C1. The lowest BCUT2D eigenvalue weighted by molar-refractivity contribution is -0.126. The average molecular weight is 441 g/mol. The molecule has 1 saturated heterocycles. The quantitative estimate of drug-likeness (QED) is 0.741. The fourth-order valence-corrected chi connectivity index (χ4v) is 5.09. The summed E-state index contributed by atoms with van der Waals surface area (Å²) in [6.45, 7) is 1.04. The molecule has 0 aliphatic carbocycles. The first-order valence-corrected chi connectivity index (χ1v) is 11.4. The van der Waals surface area contributed by atoms with E-state index < -0.39 is 10.0 Å². The lowest BCUT2D eigenvalue weighted by atomic mass is 9.99. The molecule has 2 aromatic carbocycles. The van der Waals surface area contributed by atoms with Crippen LogP contribution in [0.4, 0.5) is 0 Å². The summed E-state index contributed by atoms with van der Waals surface area (Å²) in [6.07, 6.45) is 1.35. The van der Waals surface area contributed by atoms with Gasteiger partial charge in [-0.2, -0.15) is 0 Å². The Morgan fingerprint density at radius 2 is 1.57 bits per heavy atom. The molecule has 1 fully saturated rings. The monoisotopic (exact) mass is 440 g/mol. The molecule has 8 heteroatoms. The first-order valence-electron chi connectivity index (χ1n) is 9.08. The van der Waals surface area contributed by atoms with E-state index in [-0.39, 0.29) is 24.1 Å². The molecule has 0 spiro atoms. The summed E-state index contributed by atoms with van der Waals surface area (Å²) in [5, 5.41) is 4.11. The van der Waals surface area contributed by atoms with E-state index >= 15 is 0 Å². The number of nitrogens with zero attached hydrogens (tertiary/aromatic N) is 1. The van der Waals surface area contributed by atoms with Crippen LogP contribution in [0.3, 0.4) is 0 Å². The second kappa shape index (κ2) is 9.27. The van der Waals surface area contributed by atoms with Crippen molar-refractivity contribution in [1.29, 1.82) is 0 Å². The van der Waals surface area contributed by atoms with E-state index in [0.29, 0.717) is 41.5 Å². The van der Waals surface area contributed by atoms with Crippen molar-refractivity contribution >= 4 is 39.1 Å². The van der Waals surface area contributed by atoms with Gasteiger partial charge in [-0.3, -0.25) is 4.79 Å². The number of benzene rings is 2. The molecule has 2 aromatic rings. The summed E-state index contributed by atoms with van der Waals surface area (Å²) in [4.78, 5) is 12.5. The smallest absolute Gasteiger partial charge is 0.224 e. The summed E-state index contributed by atoms with van der Waals surface area (Å²) in [7, 11) is -3.49. The van der Waals surface area contributed by atoms with Crippen molar-refractivity contribution in [3.63, 3.8) is 0 Å². The van der Waals surface area contributed by atoms with Gasteiger partial charge in [0.2, 0.25) is 15.9 Å². The van der Waals surface area contributed by atoms with Crippen molar-refractivity contribution in [2.24, 2.45) is 5.92 Å². The van der Waals surface area contributed by atoms with Crippen LogP contribution in [-0.2, 0) is 27.1 Å². The molecule has 0 unspecified atom stereocenters. The minimum absolute atomic E-state index is 0.0940. The zero-order valence-corrected chi connectivity index (χ0v) is 17.6. The number of amides is 1. The highest BCUT2D eigenvalue weighted by Gasteiger charge is 2.32. The van der Waals surface area contributed by atoms with Gasteiger partial charge in [-0.25, -0.2) is 12.7 Å². The summed E-state index contributed by atoms with van der Waals surface area (Å²) in [6, 6.07) is 14.0. The Balaban J connectivity index is 1.58. The first kappa shape index (κ1) is 21.1. The van der Waals surface area contributed by atoms with E-state index in [1.54, 1.807) is 36.4 Å². The molecule has 0 saturated carbocycles. The molecule has 1 atom stereocenters. The molecule has 1 heterocycles. The average Bonchev–Trinajstić information content (AvgIpc) is 2.69. The normalized spacial score (nSPS) is 18.0. The predicted octanol–water partition coefficient (Wildman–Crippen LogP) is 3.85. The van der Waals surface area contributed by atoms with Crippen LogP contribution in [0.15, 0.2) is 48.5 Å². The Morgan fingerprint density at radius 3 is 2.18 bits per heavy atom. The number of carbonyl (C=O) groups is 1. The lowest BCUT2D eigenvalue weighted by Gasteiger charge is -2.31. The molecule has 5 nitrogen and oxygen atoms in total. The van der Waals surface area contributed by atoms with Gasteiger partial charge in [0.05, 0.1) is 11.7 Å². The topological polar surface area (TPSA) is 66.5 Å². The first-order chi connectivity index (χ1) is 13.3. The molecule has 1 aliphatic heterocycles. The molecule has 150 valence electrons. The summed E-state index contributed by atoms with van der Waals surface area (Å²) < 4.78 is 27.0. The van der Waals surface area contributed by atoms with Crippen molar-refractivity contribution in [1.82, 2.24) is 9.62 Å². The molecule has 0 bridgehead atoms. The van der Waals surface area contributed by atoms with Crippen LogP contribution in [0.1, 0.15) is 24.0 Å². The van der Waals surface area contributed by atoms with Gasteiger partial charge in [-0.15, -0.1) is 0 Å². The second-order valence-corrected chi connectivity index (χ2v) is 9.77. The van der Waals surface area contributed by atoms with Crippen LogP contribution in [0, 0.1) is 5.92 Å². The number of sulfonamides is 1. The van der Waals surface area contributed by atoms with Crippen LogP contribution < -0.4 is 5.32 Å². The molecular weight excluding hydrogens is 419 g/mol. The Kier molecular flexibility index (Phi) is 6.99. The molecule has 0 radical (unpaired) electrons. The van der Waals surface area contributed by atoms with Gasteiger partial charge in [0.25, 0.3) is 0 Å².